The number of carbonyl (C=O) groups excluding carboxylic acids is 4. The fraction of sp³-hybridized carbons (Fsp3) is 0.308. The number of carbonyl (C=O) groups is 4. The molecule has 8 nitrogen and oxygen atoms in total. The van der Waals surface area contributed by atoms with Crippen LogP contribution in [0.25, 0.3) is 0 Å². The Bertz CT molecular complexity index is 1110. The van der Waals surface area contributed by atoms with Gasteiger partial charge in [0.15, 0.2) is 0 Å². The Hall–Kier alpha value is -3.94. The van der Waals surface area contributed by atoms with Crippen LogP contribution >= 0.6 is 0 Å². The third-order valence-electron chi connectivity index (χ3n) is 5.55. The van der Waals surface area contributed by atoms with Gasteiger partial charge in [-0.05, 0) is 54.3 Å². The third-order valence-corrected chi connectivity index (χ3v) is 5.55. The lowest BCUT2D eigenvalue weighted by molar-refractivity contribution is -0.137. The molecule has 1 fully saturated rings. The average molecular weight is 464 g/mol. The second kappa shape index (κ2) is 9.91. The van der Waals surface area contributed by atoms with Crippen molar-refractivity contribution in [3.8, 4) is 5.75 Å². The number of imide groups is 1. The molecule has 0 saturated carbocycles. The van der Waals surface area contributed by atoms with E-state index in [-0.39, 0.29) is 11.8 Å². The molecule has 3 rings (SSSR count). The zero-order valence-corrected chi connectivity index (χ0v) is 20.0. The molecule has 1 unspecified atom stereocenters. The molecule has 1 atom stereocenters. The van der Waals surface area contributed by atoms with Crippen molar-refractivity contribution in [1.82, 2.24) is 10.4 Å². The SMILES string of the molecule is CC=CC(=O)N(NC(=O)c1ccc(C(C)(C)C)cc1)C1CC(=O)N(c2ccc(OC)cc2)C1=O. The molecule has 4 amide bonds. The maximum absolute atomic E-state index is 13.2. The average Bonchev–Trinajstić information content (AvgIpc) is 3.10. The Kier molecular flexibility index (Phi) is 7.20. The number of hydrogen-bond donors (Lipinski definition) is 1. The third kappa shape index (κ3) is 5.17. The number of hydrazine groups is 1. The molecule has 0 bridgehead atoms. The normalized spacial score (nSPS) is 16.1. The largest absolute Gasteiger partial charge is 0.497 e. The van der Waals surface area contributed by atoms with E-state index >= 15 is 0 Å². The monoisotopic (exact) mass is 463 g/mol. The molecule has 1 heterocycles. The molecular formula is C26H29N3O5. The van der Waals surface area contributed by atoms with Crippen LogP contribution in [0.1, 0.15) is 50.0 Å². The second-order valence-corrected chi connectivity index (χ2v) is 8.96. The highest BCUT2D eigenvalue weighted by molar-refractivity contribution is 6.23. The molecule has 2 aromatic carbocycles. The van der Waals surface area contributed by atoms with E-state index in [4.69, 9.17) is 4.74 Å². The summed E-state index contributed by atoms with van der Waals surface area (Å²) in [6.07, 6.45) is 2.48. The van der Waals surface area contributed by atoms with Crippen LogP contribution in [0.2, 0.25) is 0 Å². The first kappa shape index (κ1) is 24.7. The van der Waals surface area contributed by atoms with Gasteiger partial charge in [0, 0.05) is 11.6 Å². The summed E-state index contributed by atoms with van der Waals surface area (Å²) >= 11 is 0. The van der Waals surface area contributed by atoms with Gasteiger partial charge in [-0.25, -0.2) is 9.91 Å². The van der Waals surface area contributed by atoms with Gasteiger partial charge in [0.25, 0.3) is 17.7 Å². The summed E-state index contributed by atoms with van der Waals surface area (Å²) in [6.45, 7) is 7.85. The Balaban J connectivity index is 1.85. The van der Waals surface area contributed by atoms with Crippen LogP contribution in [0.5, 0.6) is 5.75 Å². The van der Waals surface area contributed by atoms with Gasteiger partial charge in [0.05, 0.1) is 19.2 Å². The molecule has 1 aliphatic rings. The highest BCUT2D eigenvalue weighted by Crippen LogP contribution is 2.27. The molecule has 1 saturated heterocycles. The first-order chi connectivity index (χ1) is 16.1. The minimum absolute atomic E-state index is 0.0789. The molecule has 1 aliphatic heterocycles. The van der Waals surface area contributed by atoms with E-state index in [9.17, 15) is 19.2 Å². The Morgan fingerprint density at radius 2 is 1.68 bits per heavy atom. The molecule has 34 heavy (non-hydrogen) atoms. The molecule has 0 radical (unpaired) electrons. The minimum Gasteiger partial charge on any atom is -0.497 e. The lowest BCUT2D eigenvalue weighted by atomic mass is 9.87. The van der Waals surface area contributed by atoms with E-state index in [1.165, 1.54) is 19.3 Å². The predicted molar refractivity (Wildman–Crippen MR) is 128 cm³/mol. The number of nitrogens with zero attached hydrogens (tertiary/aromatic N) is 2. The topological polar surface area (TPSA) is 96.0 Å². The van der Waals surface area contributed by atoms with Crippen molar-refractivity contribution in [2.75, 3.05) is 12.0 Å². The maximum atomic E-state index is 13.2. The molecule has 8 heteroatoms. The summed E-state index contributed by atoms with van der Waals surface area (Å²) in [5, 5.41) is 0.934. The molecule has 178 valence electrons. The minimum atomic E-state index is -1.17. The standard InChI is InChI=1S/C26H29N3O5/c1-6-7-22(30)29(27-24(32)17-8-10-18(11-9-17)26(2,3)4)21-16-23(31)28(25(21)33)19-12-14-20(34-5)15-13-19/h6-15,21H,16H2,1-5H3,(H,27,32). The Morgan fingerprint density at radius 3 is 2.21 bits per heavy atom. The molecular weight excluding hydrogens is 434 g/mol. The number of nitrogens with one attached hydrogen (secondary N) is 1. The van der Waals surface area contributed by atoms with Gasteiger partial charge in [-0.1, -0.05) is 39.0 Å². The number of anilines is 1. The smallest absolute Gasteiger partial charge is 0.269 e. The van der Waals surface area contributed by atoms with E-state index in [1.807, 2.05) is 12.1 Å². The van der Waals surface area contributed by atoms with Crippen LogP contribution in [-0.2, 0) is 19.8 Å². The quantitative estimate of drug-likeness (QED) is 0.417. The van der Waals surface area contributed by atoms with Gasteiger partial charge in [0.2, 0.25) is 5.91 Å². The first-order valence-corrected chi connectivity index (χ1v) is 10.9. The zero-order valence-electron chi connectivity index (χ0n) is 20.0. The lowest BCUT2D eigenvalue weighted by Gasteiger charge is -2.27. The summed E-state index contributed by atoms with van der Waals surface area (Å²) in [5.74, 6) is -1.65. The van der Waals surface area contributed by atoms with Crippen molar-refractivity contribution in [1.29, 1.82) is 0 Å². The number of allylic oxidation sites excluding steroid dienone is 1. The van der Waals surface area contributed by atoms with Gasteiger partial charge in [-0.15, -0.1) is 0 Å². The summed E-state index contributed by atoms with van der Waals surface area (Å²) in [7, 11) is 1.52. The van der Waals surface area contributed by atoms with Crippen LogP contribution in [0.15, 0.2) is 60.7 Å². The van der Waals surface area contributed by atoms with Gasteiger partial charge in [-0.2, -0.15) is 0 Å². The highest BCUT2D eigenvalue weighted by atomic mass is 16.5. The fourth-order valence-corrected chi connectivity index (χ4v) is 3.63. The van der Waals surface area contributed by atoms with E-state index < -0.39 is 29.7 Å². The first-order valence-electron chi connectivity index (χ1n) is 10.9. The number of amides is 4. The number of benzene rings is 2. The van der Waals surface area contributed by atoms with E-state index in [2.05, 4.69) is 26.2 Å². The van der Waals surface area contributed by atoms with Crippen molar-refractivity contribution < 1.29 is 23.9 Å². The van der Waals surface area contributed by atoms with Crippen LogP contribution < -0.4 is 15.1 Å². The fourth-order valence-electron chi connectivity index (χ4n) is 3.63. The van der Waals surface area contributed by atoms with E-state index in [1.54, 1.807) is 43.3 Å². The van der Waals surface area contributed by atoms with Crippen molar-refractivity contribution >= 4 is 29.3 Å². The van der Waals surface area contributed by atoms with Crippen molar-refractivity contribution in [2.45, 2.75) is 45.6 Å². The Morgan fingerprint density at radius 1 is 1.06 bits per heavy atom. The van der Waals surface area contributed by atoms with Gasteiger partial charge in [-0.3, -0.25) is 24.6 Å². The molecule has 0 spiro atoms. The predicted octanol–water partition coefficient (Wildman–Crippen LogP) is 3.37. The summed E-state index contributed by atoms with van der Waals surface area (Å²) in [4.78, 5) is 52.7. The number of rotatable bonds is 5. The van der Waals surface area contributed by atoms with E-state index in [0.717, 1.165) is 15.5 Å². The summed E-state index contributed by atoms with van der Waals surface area (Å²) in [5.41, 5.74) is 4.20. The van der Waals surface area contributed by atoms with Gasteiger partial charge >= 0.3 is 0 Å². The zero-order chi connectivity index (χ0) is 25.0. The molecule has 1 N–H and O–H groups in total. The number of ether oxygens (including phenoxy) is 1. The highest BCUT2D eigenvalue weighted by Gasteiger charge is 2.45. The van der Waals surface area contributed by atoms with Crippen molar-refractivity contribution in [2.24, 2.45) is 0 Å². The van der Waals surface area contributed by atoms with Crippen molar-refractivity contribution in [3.05, 3.63) is 71.8 Å². The lowest BCUT2D eigenvalue weighted by Crippen LogP contribution is -2.54. The van der Waals surface area contributed by atoms with Crippen LogP contribution in [-0.4, -0.2) is 41.8 Å². The second-order valence-electron chi connectivity index (χ2n) is 8.96. The summed E-state index contributed by atoms with van der Waals surface area (Å²) in [6, 6.07) is 12.3. The summed E-state index contributed by atoms with van der Waals surface area (Å²) < 4.78 is 5.12. The van der Waals surface area contributed by atoms with Gasteiger partial charge < -0.3 is 4.74 Å². The maximum Gasteiger partial charge on any atom is 0.269 e. The van der Waals surface area contributed by atoms with Crippen molar-refractivity contribution in [3.63, 3.8) is 0 Å². The molecule has 2 aromatic rings. The molecule has 0 aliphatic carbocycles. The molecule has 0 aromatic heterocycles. The Labute approximate surface area is 199 Å². The van der Waals surface area contributed by atoms with Crippen LogP contribution in [0.4, 0.5) is 5.69 Å². The van der Waals surface area contributed by atoms with E-state index in [0.29, 0.717) is 17.0 Å². The number of hydrogen-bond acceptors (Lipinski definition) is 5. The van der Waals surface area contributed by atoms with Crippen LogP contribution in [0.3, 0.4) is 0 Å². The van der Waals surface area contributed by atoms with Gasteiger partial charge in [0.1, 0.15) is 11.8 Å². The van der Waals surface area contributed by atoms with Crippen LogP contribution in [0, 0.1) is 0 Å². The number of methoxy groups -OCH3 is 1.